The predicted molar refractivity (Wildman–Crippen MR) is 71.1 cm³/mol. The Morgan fingerprint density at radius 3 is 2.47 bits per heavy atom. The van der Waals surface area contributed by atoms with E-state index in [0.29, 0.717) is 16.7 Å². The van der Waals surface area contributed by atoms with Crippen LogP contribution >= 0.6 is 0 Å². The Labute approximate surface area is 109 Å². The molecule has 0 spiro atoms. The molecule has 0 unspecified atom stereocenters. The summed E-state index contributed by atoms with van der Waals surface area (Å²) >= 11 is 0. The average molecular weight is 274 g/mol. The molecule has 2 N–H and O–H groups in total. The Morgan fingerprint density at radius 1 is 0.947 bits per heavy atom. The zero-order valence-corrected chi connectivity index (χ0v) is 10.6. The van der Waals surface area contributed by atoms with Crippen molar-refractivity contribution in [1.29, 1.82) is 0 Å². The number of rotatable bonds is 3. The van der Waals surface area contributed by atoms with Crippen molar-refractivity contribution in [1.82, 2.24) is 15.4 Å². The molecule has 0 radical (unpaired) electrons. The molecule has 0 bridgehead atoms. The summed E-state index contributed by atoms with van der Waals surface area (Å²) < 4.78 is 26.7. The number of fused-ring (bicyclic) bond motifs is 1. The SMILES string of the molecule is O=S(=O)(Nc1ccc2n[nH]nc2c1)c1ccccc1. The van der Waals surface area contributed by atoms with Crippen molar-refractivity contribution in [2.24, 2.45) is 0 Å². The predicted octanol–water partition coefficient (Wildman–Crippen LogP) is 1.76. The molecule has 0 aliphatic rings. The topological polar surface area (TPSA) is 87.7 Å². The van der Waals surface area contributed by atoms with E-state index in [2.05, 4.69) is 20.1 Å². The molecule has 6 nitrogen and oxygen atoms in total. The highest BCUT2D eigenvalue weighted by Crippen LogP contribution is 2.19. The van der Waals surface area contributed by atoms with E-state index in [4.69, 9.17) is 0 Å². The van der Waals surface area contributed by atoms with Gasteiger partial charge in [-0.1, -0.05) is 18.2 Å². The number of sulfonamides is 1. The molecule has 0 saturated carbocycles. The van der Waals surface area contributed by atoms with Crippen LogP contribution in [0.4, 0.5) is 5.69 Å². The molecule has 2 aromatic carbocycles. The minimum atomic E-state index is -3.57. The van der Waals surface area contributed by atoms with Crippen molar-refractivity contribution in [2.45, 2.75) is 4.90 Å². The van der Waals surface area contributed by atoms with Crippen molar-refractivity contribution in [2.75, 3.05) is 4.72 Å². The molecule has 96 valence electrons. The number of nitrogens with zero attached hydrogens (tertiary/aromatic N) is 2. The van der Waals surface area contributed by atoms with Gasteiger partial charge in [-0.15, -0.1) is 0 Å². The van der Waals surface area contributed by atoms with Crippen LogP contribution in [0.5, 0.6) is 0 Å². The summed E-state index contributed by atoms with van der Waals surface area (Å²) in [4.78, 5) is 0.218. The van der Waals surface area contributed by atoms with Crippen LogP contribution in [-0.4, -0.2) is 23.8 Å². The van der Waals surface area contributed by atoms with Gasteiger partial charge < -0.3 is 0 Å². The summed E-state index contributed by atoms with van der Waals surface area (Å²) in [7, 11) is -3.57. The van der Waals surface area contributed by atoms with Crippen LogP contribution in [0, 0.1) is 0 Å². The van der Waals surface area contributed by atoms with Crippen LogP contribution in [0.15, 0.2) is 53.4 Å². The molecule has 1 heterocycles. The standard InChI is InChI=1S/C12H10N4O2S/c17-19(18,10-4-2-1-3-5-10)15-9-6-7-11-12(8-9)14-16-13-11/h1-8,15H,(H,13,14,16). The molecular weight excluding hydrogens is 264 g/mol. The third-order valence-corrected chi connectivity index (χ3v) is 4.02. The number of H-pyrrole nitrogens is 1. The Hall–Kier alpha value is -2.41. The lowest BCUT2D eigenvalue weighted by Gasteiger charge is -2.07. The third kappa shape index (κ3) is 2.27. The summed E-state index contributed by atoms with van der Waals surface area (Å²) in [5.74, 6) is 0. The van der Waals surface area contributed by atoms with Crippen molar-refractivity contribution >= 4 is 26.7 Å². The van der Waals surface area contributed by atoms with Gasteiger partial charge in [0, 0.05) is 0 Å². The fourth-order valence-electron chi connectivity index (χ4n) is 1.72. The molecule has 3 aromatic rings. The van der Waals surface area contributed by atoms with E-state index in [1.807, 2.05) is 0 Å². The first kappa shape index (κ1) is 11.7. The van der Waals surface area contributed by atoms with Gasteiger partial charge in [-0.3, -0.25) is 4.72 Å². The van der Waals surface area contributed by atoms with Crippen LogP contribution in [0.2, 0.25) is 0 Å². The monoisotopic (exact) mass is 274 g/mol. The normalized spacial score (nSPS) is 11.6. The summed E-state index contributed by atoms with van der Waals surface area (Å²) in [5.41, 5.74) is 1.74. The second-order valence-corrected chi connectivity index (χ2v) is 5.63. The second kappa shape index (κ2) is 4.36. The molecule has 0 atom stereocenters. The van der Waals surface area contributed by atoms with Crippen LogP contribution < -0.4 is 4.72 Å². The number of anilines is 1. The number of hydrogen-bond donors (Lipinski definition) is 2. The van der Waals surface area contributed by atoms with E-state index < -0.39 is 10.0 Å². The minimum absolute atomic E-state index is 0.218. The number of benzene rings is 2. The van der Waals surface area contributed by atoms with E-state index >= 15 is 0 Å². The van der Waals surface area contributed by atoms with E-state index in [0.717, 1.165) is 0 Å². The first-order valence-corrected chi connectivity index (χ1v) is 7.02. The molecule has 1 aromatic heterocycles. The maximum Gasteiger partial charge on any atom is 0.261 e. The number of hydrogen-bond acceptors (Lipinski definition) is 4. The highest BCUT2D eigenvalue weighted by molar-refractivity contribution is 7.92. The van der Waals surface area contributed by atoms with E-state index in [1.54, 1.807) is 36.4 Å². The van der Waals surface area contributed by atoms with Gasteiger partial charge in [0.1, 0.15) is 11.0 Å². The molecule has 7 heteroatoms. The maximum absolute atomic E-state index is 12.1. The third-order valence-electron chi connectivity index (χ3n) is 2.62. The molecule has 0 saturated heterocycles. The Kier molecular flexibility index (Phi) is 2.68. The van der Waals surface area contributed by atoms with Gasteiger partial charge in [0.05, 0.1) is 10.6 Å². The highest BCUT2D eigenvalue weighted by Gasteiger charge is 2.13. The zero-order chi connectivity index (χ0) is 13.3. The zero-order valence-electron chi connectivity index (χ0n) is 9.74. The van der Waals surface area contributed by atoms with Crippen LogP contribution in [-0.2, 0) is 10.0 Å². The lowest BCUT2D eigenvalue weighted by Crippen LogP contribution is -2.12. The van der Waals surface area contributed by atoms with Crippen molar-refractivity contribution < 1.29 is 8.42 Å². The molecule has 3 rings (SSSR count). The lowest BCUT2D eigenvalue weighted by molar-refractivity contribution is 0.601. The smallest absolute Gasteiger partial charge is 0.261 e. The van der Waals surface area contributed by atoms with Gasteiger partial charge >= 0.3 is 0 Å². The maximum atomic E-state index is 12.1. The number of aromatic amines is 1. The lowest BCUT2D eigenvalue weighted by atomic mass is 10.3. The van der Waals surface area contributed by atoms with Crippen LogP contribution in [0.1, 0.15) is 0 Å². The fourth-order valence-corrected chi connectivity index (χ4v) is 2.79. The number of aromatic nitrogens is 3. The molecule has 0 aliphatic carbocycles. The van der Waals surface area contributed by atoms with Gasteiger partial charge in [0.25, 0.3) is 10.0 Å². The molecular formula is C12H10N4O2S. The molecule has 0 amide bonds. The molecule has 19 heavy (non-hydrogen) atoms. The van der Waals surface area contributed by atoms with Crippen LogP contribution in [0.25, 0.3) is 11.0 Å². The van der Waals surface area contributed by atoms with Gasteiger partial charge in [0.15, 0.2) is 0 Å². The molecule has 0 fully saturated rings. The van der Waals surface area contributed by atoms with Crippen LogP contribution in [0.3, 0.4) is 0 Å². The van der Waals surface area contributed by atoms with Gasteiger partial charge in [-0.25, -0.2) is 8.42 Å². The van der Waals surface area contributed by atoms with E-state index in [1.165, 1.54) is 12.1 Å². The van der Waals surface area contributed by atoms with Gasteiger partial charge in [-0.05, 0) is 30.3 Å². The Bertz CT molecular complexity index is 812. The van der Waals surface area contributed by atoms with Gasteiger partial charge in [0.2, 0.25) is 0 Å². The highest BCUT2D eigenvalue weighted by atomic mass is 32.2. The summed E-state index contributed by atoms with van der Waals surface area (Å²) in [6.45, 7) is 0. The Morgan fingerprint density at radius 2 is 1.68 bits per heavy atom. The summed E-state index contributed by atoms with van der Waals surface area (Å²) in [6.07, 6.45) is 0. The van der Waals surface area contributed by atoms with E-state index in [9.17, 15) is 8.42 Å². The van der Waals surface area contributed by atoms with Crippen molar-refractivity contribution in [3.63, 3.8) is 0 Å². The summed E-state index contributed by atoms with van der Waals surface area (Å²) in [6, 6.07) is 13.2. The van der Waals surface area contributed by atoms with E-state index in [-0.39, 0.29) is 4.90 Å². The molecule has 0 aliphatic heterocycles. The fraction of sp³-hybridized carbons (Fsp3) is 0. The van der Waals surface area contributed by atoms with Gasteiger partial charge in [-0.2, -0.15) is 15.4 Å². The second-order valence-electron chi connectivity index (χ2n) is 3.95. The minimum Gasteiger partial charge on any atom is -0.280 e. The number of nitrogens with one attached hydrogen (secondary N) is 2. The first-order valence-electron chi connectivity index (χ1n) is 5.53. The van der Waals surface area contributed by atoms with Crippen molar-refractivity contribution in [3.05, 3.63) is 48.5 Å². The van der Waals surface area contributed by atoms with Crippen molar-refractivity contribution in [3.8, 4) is 0 Å². The quantitative estimate of drug-likeness (QED) is 0.761. The Balaban J connectivity index is 1.96. The first-order chi connectivity index (χ1) is 9.15. The largest absolute Gasteiger partial charge is 0.280 e. The average Bonchev–Trinajstić information content (AvgIpc) is 2.87. The summed E-state index contributed by atoms with van der Waals surface area (Å²) in [5, 5.41) is 10.3.